The number of rotatable bonds is 3. The van der Waals surface area contributed by atoms with Crippen LogP contribution >= 0.6 is 0 Å². The molecule has 0 aromatic heterocycles. The summed E-state index contributed by atoms with van der Waals surface area (Å²) in [7, 11) is 0. The highest BCUT2D eigenvalue weighted by Gasteiger charge is 2.16. The van der Waals surface area contributed by atoms with Gasteiger partial charge in [-0.1, -0.05) is 12.1 Å². The largest absolute Gasteiger partial charge is 0.271 e. The van der Waals surface area contributed by atoms with Crippen molar-refractivity contribution >= 4 is 0 Å². The first-order chi connectivity index (χ1) is 6.44. The molecular weight excluding hydrogens is 179 g/mol. The molecule has 0 heterocycles. The van der Waals surface area contributed by atoms with E-state index in [1.807, 2.05) is 19.9 Å². The lowest BCUT2D eigenvalue weighted by atomic mass is 9.95. The zero-order valence-corrected chi connectivity index (χ0v) is 8.89. The quantitative estimate of drug-likeness (QED) is 0.572. The van der Waals surface area contributed by atoms with Gasteiger partial charge in [0.1, 0.15) is 5.82 Å². The van der Waals surface area contributed by atoms with Gasteiger partial charge in [0.2, 0.25) is 0 Å². The molecule has 1 rings (SSSR count). The van der Waals surface area contributed by atoms with Gasteiger partial charge in [0.15, 0.2) is 0 Å². The zero-order chi connectivity index (χ0) is 10.8. The summed E-state index contributed by atoms with van der Waals surface area (Å²) in [6.07, 6.45) is 0.709. The van der Waals surface area contributed by atoms with E-state index in [0.29, 0.717) is 12.0 Å². The van der Waals surface area contributed by atoms with Gasteiger partial charge in [-0.3, -0.25) is 11.3 Å². The van der Waals surface area contributed by atoms with Crippen LogP contribution in [0.2, 0.25) is 0 Å². The van der Waals surface area contributed by atoms with Crippen molar-refractivity contribution in [3.05, 3.63) is 35.1 Å². The number of halogens is 1. The molecule has 78 valence electrons. The molecule has 0 bridgehead atoms. The number of aryl methyl sites for hydroxylation is 1. The van der Waals surface area contributed by atoms with Crippen molar-refractivity contribution in [2.24, 2.45) is 5.84 Å². The molecule has 14 heavy (non-hydrogen) atoms. The molecule has 2 nitrogen and oxygen atoms in total. The SMILES string of the molecule is Cc1ccc(CC(C)(C)NN)cc1F. The first-order valence-corrected chi connectivity index (χ1v) is 4.67. The van der Waals surface area contributed by atoms with Crippen LogP contribution in [0.25, 0.3) is 0 Å². The van der Waals surface area contributed by atoms with E-state index in [-0.39, 0.29) is 11.4 Å². The Morgan fingerprint density at radius 2 is 2.07 bits per heavy atom. The molecule has 0 saturated carbocycles. The van der Waals surface area contributed by atoms with E-state index in [4.69, 9.17) is 5.84 Å². The molecule has 0 aliphatic rings. The summed E-state index contributed by atoms with van der Waals surface area (Å²) < 4.78 is 13.2. The van der Waals surface area contributed by atoms with Gasteiger partial charge in [0, 0.05) is 5.54 Å². The Hall–Kier alpha value is -0.930. The molecule has 0 fully saturated rings. The van der Waals surface area contributed by atoms with Gasteiger partial charge in [0.05, 0.1) is 0 Å². The summed E-state index contributed by atoms with van der Waals surface area (Å²) in [5.41, 5.74) is 4.12. The Kier molecular flexibility index (Phi) is 3.24. The fourth-order valence-corrected chi connectivity index (χ4v) is 1.31. The first-order valence-electron chi connectivity index (χ1n) is 4.67. The standard InChI is InChI=1S/C11H17FN2/c1-8-4-5-9(6-10(8)12)7-11(2,3)14-13/h4-6,14H,7,13H2,1-3H3. The molecule has 1 aromatic rings. The minimum atomic E-state index is -0.207. The van der Waals surface area contributed by atoms with Crippen LogP contribution in [0.4, 0.5) is 4.39 Å². The van der Waals surface area contributed by atoms with E-state index in [0.717, 1.165) is 5.56 Å². The van der Waals surface area contributed by atoms with Gasteiger partial charge in [-0.25, -0.2) is 4.39 Å². The minimum Gasteiger partial charge on any atom is -0.271 e. The lowest BCUT2D eigenvalue weighted by molar-refractivity contribution is 0.395. The Morgan fingerprint density at radius 1 is 1.43 bits per heavy atom. The van der Waals surface area contributed by atoms with E-state index in [9.17, 15) is 4.39 Å². The fraction of sp³-hybridized carbons (Fsp3) is 0.455. The van der Waals surface area contributed by atoms with Crippen molar-refractivity contribution in [3.63, 3.8) is 0 Å². The molecule has 0 aliphatic heterocycles. The maximum absolute atomic E-state index is 13.2. The molecule has 0 spiro atoms. The number of hydrogen-bond acceptors (Lipinski definition) is 2. The lowest BCUT2D eigenvalue weighted by Crippen LogP contribution is -2.45. The van der Waals surface area contributed by atoms with Crippen molar-refractivity contribution in [2.75, 3.05) is 0 Å². The molecule has 0 saturated heterocycles. The molecule has 3 N–H and O–H groups in total. The summed E-state index contributed by atoms with van der Waals surface area (Å²) in [4.78, 5) is 0. The molecule has 3 heteroatoms. The van der Waals surface area contributed by atoms with Crippen LogP contribution in [0.15, 0.2) is 18.2 Å². The first kappa shape index (κ1) is 11.1. The predicted molar refractivity (Wildman–Crippen MR) is 56.2 cm³/mol. The van der Waals surface area contributed by atoms with E-state index in [2.05, 4.69) is 5.43 Å². The van der Waals surface area contributed by atoms with Gasteiger partial charge < -0.3 is 0 Å². The molecular formula is C11H17FN2. The van der Waals surface area contributed by atoms with Crippen LogP contribution in [0, 0.1) is 12.7 Å². The third-order valence-electron chi connectivity index (χ3n) is 2.27. The Morgan fingerprint density at radius 3 is 2.57 bits per heavy atom. The third kappa shape index (κ3) is 2.79. The zero-order valence-electron chi connectivity index (χ0n) is 8.89. The molecule has 1 aromatic carbocycles. The summed E-state index contributed by atoms with van der Waals surface area (Å²) in [6.45, 7) is 5.71. The van der Waals surface area contributed by atoms with Gasteiger partial charge in [-0.15, -0.1) is 0 Å². The van der Waals surface area contributed by atoms with Crippen molar-refractivity contribution < 1.29 is 4.39 Å². The average Bonchev–Trinajstić information content (AvgIpc) is 2.11. The minimum absolute atomic E-state index is 0.157. The molecule has 0 atom stereocenters. The van der Waals surface area contributed by atoms with Crippen molar-refractivity contribution in [1.29, 1.82) is 0 Å². The van der Waals surface area contributed by atoms with Crippen LogP contribution in [0.3, 0.4) is 0 Å². The molecule has 0 amide bonds. The van der Waals surface area contributed by atoms with Crippen molar-refractivity contribution in [1.82, 2.24) is 5.43 Å². The smallest absolute Gasteiger partial charge is 0.126 e. The highest BCUT2D eigenvalue weighted by Crippen LogP contribution is 2.15. The molecule has 0 radical (unpaired) electrons. The second-order valence-corrected chi connectivity index (χ2v) is 4.29. The topological polar surface area (TPSA) is 38.0 Å². The average molecular weight is 196 g/mol. The number of nitrogens with two attached hydrogens (primary N) is 1. The fourth-order valence-electron chi connectivity index (χ4n) is 1.31. The highest BCUT2D eigenvalue weighted by atomic mass is 19.1. The third-order valence-corrected chi connectivity index (χ3v) is 2.27. The van der Waals surface area contributed by atoms with Gasteiger partial charge in [-0.2, -0.15) is 0 Å². The number of benzene rings is 1. The predicted octanol–water partition coefficient (Wildman–Crippen LogP) is 1.92. The lowest BCUT2D eigenvalue weighted by Gasteiger charge is -2.23. The Balaban J connectivity index is 2.83. The molecule has 0 aliphatic carbocycles. The summed E-state index contributed by atoms with van der Waals surface area (Å²) in [5, 5.41) is 0. The van der Waals surface area contributed by atoms with Gasteiger partial charge in [-0.05, 0) is 44.4 Å². The number of hydrogen-bond donors (Lipinski definition) is 2. The van der Waals surface area contributed by atoms with Crippen LogP contribution in [-0.2, 0) is 6.42 Å². The van der Waals surface area contributed by atoms with E-state index >= 15 is 0 Å². The highest BCUT2D eigenvalue weighted by molar-refractivity contribution is 5.24. The number of nitrogens with one attached hydrogen (secondary N) is 1. The summed E-state index contributed by atoms with van der Waals surface area (Å²) in [6, 6.07) is 5.28. The van der Waals surface area contributed by atoms with Crippen molar-refractivity contribution in [2.45, 2.75) is 32.7 Å². The van der Waals surface area contributed by atoms with Crippen LogP contribution in [-0.4, -0.2) is 5.54 Å². The van der Waals surface area contributed by atoms with Gasteiger partial charge in [0.25, 0.3) is 0 Å². The normalized spacial score (nSPS) is 11.8. The second kappa shape index (κ2) is 4.07. The molecule has 0 unspecified atom stereocenters. The Labute approximate surface area is 84.3 Å². The Bertz CT molecular complexity index is 321. The second-order valence-electron chi connectivity index (χ2n) is 4.29. The summed E-state index contributed by atoms with van der Waals surface area (Å²) >= 11 is 0. The maximum Gasteiger partial charge on any atom is 0.126 e. The summed E-state index contributed by atoms with van der Waals surface area (Å²) in [5.74, 6) is 5.22. The van der Waals surface area contributed by atoms with E-state index < -0.39 is 0 Å². The van der Waals surface area contributed by atoms with Gasteiger partial charge >= 0.3 is 0 Å². The van der Waals surface area contributed by atoms with Crippen molar-refractivity contribution in [3.8, 4) is 0 Å². The maximum atomic E-state index is 13.2. The van der Waals surface area contributed by atoms with Crippen LogP contribution < -0.4 is 11.3 Å². The number of hydrazine groups is 1. The monoisotopic (exact) mass is 196 g/mol. The van der Waals surface area contributed by atoms with Crippen LogP contribution in [0.5, 0.6) is 0 Å². The van der Waals surface area contributed by atoms with Crippen LogP contribution in [0.1, 0.15) is 25.0 Å². The van der Waals surface area contributed by atoms with E-state index in [1.54, 1.807) is 19.1 Å². The van der Waals surface area contributed by atoms with E-state index in [1.165, 1.54) is 0 Å².